The van der Waals surface area contributed by atoms with Gasteiger partial charge in [0.2, 0.25) is 5.88 Å². The lowest BCUT2D eigenvalue weighted by Crippen LogP contribution is -1.93. The van der Waals surface area contributed by atoms with E-state index in [-0.39, 0.29) is 5.82 Å². The molecule has 0 amide bonds. The monoisotopic (exact) mass is 351 g/mol. The zero-order valence-corrected chi connectivity index (χ0v) is 12.6. The Morgan fingerprint density at radius 3 is 2.81 bits per heavy atom. The van der Waals surface area contributed by atoms with Crippen LogP contribution in [0.3, 0.4) is 0 Å². The van der Waals surface area contributed by atoms with E-state index in [4.69, 9.17) is 9.84 Å². The maximum absolute atomic E-state index is 13.0. The Bertz CT molecular complexity index is 716. The molecule has 1 aromatic carbocycles. The first-order chi connectivity index (χ1) is 9.95. The number of hydrogen-bond acceptors (Lipinski definition) is 3. The van der Waals surface area contributed by atoms with Crippen molar-refractivity contribution in [2.45, 2.75) is 6.92 Å². The third-order valence-electron chi connectivity index (χ3n) is 2.57. The lowest BCUT2D eigenvalue weighted by molar-refractivity contribution is -0.131. The minimum absolute atomic E-state index is 0.368. The van der Waals surface area contributed by atoms with Crippen LogP contribution in [0.5, 0.6) is 11.6 Å². The fourth-order valence-corrected chi connectivity index (χ4v) is 2.04. The summed E-state index contributed by atoms with van der Waals surface area (Å²) in [4.78, 5) is 14.6. The van der Waals surface area contributed by atoms with Crippen LogP contribution in [0.4, 0.5) is 4.39 Å². The number of ether oxygens (including phenoxy) is 1. The van der Waals surface area contributed by atoms with Crippen LogP contribution in [0.2, 0.25) is 0 Å². The van der Waals surface area contributed by atoms with Gasteiger partial charge in [-0.3, -0.25) is 0 Å². The van der Waals surface area contributed by atoms with Gasteiger partial charge in [-0.1, -0.05) is 0 Å². The molecule has 0 aliphatic rings. The minimum Gasteiger partial charge on any atom is -0.478 e. The van der Waals surface area contributed by atoms with Crippen molar-refractivity contribution in [1.29, 1.82) is 0 Å². The number of pyridine rings is 1. The molecule has 1 N–H and O–H groups in total. The Hall–Kier alpha value is -2.21. The largest absolute Gasteiger partial charge is 0.478 e. The smallest absolute Gasteiger partial charge is 0.328 e. The van der Waals surface area contributed by atoms with Gasteiger partial charge in [0.15, 0.2) is 0 Å². The highest BCUT2D eigenvalue weighted by Gasteiger charge is 2.08. The lowest BCUT2D eigenvalue weighted by atomic mass is 10.2. The number of nitrogens with zero attached hydrogens (tertiary/aromatic N) is 1. The van der Waals surface area contributed by atoms with E-state index in [1.54, 1.807) is 13.0 Å². The molecule has 1 aromatic heterocycles. The molecule has 21 heavy (non-hydrogen) atoms. The van der Waals surface area contributed by atoms with Crippen LogP contribution in [0.1, 0.15) is 11.1 Å². The van der Waals surface area contributed by atoms with Crippen molar-refractivity contribution in [3.8, 4) is 11.6 Å². The molecule has 0 saturated carbocycles. The zero-order valence-electron chi connectivity index (χ0n) is 11.0. The fraction of sp³-hybridized carbons (Fsp3) is 0.0667. The third kappa shape index (κ3) is 4.13. The van der Waals surface area contributed by atoms with Crippen molar-refractivity contribution < 1.29 is 19.0 Å². The number of hydrogen-bond donors (Lipinski definition) is 1. The summed E-state index contributed by atoms with van der Waals surface area (Å²) in [5, 5.41) is 8.58. The summed E-state index contributed by atoms with van der Waals surface area (Å²) in [5.41, 5.74) is 1.39. The van der Waals surface area contributed by atoms with Crippen molar-refractivity contribution in [3.63, 3.8) is 0 Å². The Labute approximate surface area is 129 Å². The van der Waals surface area contributed by atoms with E-state index in [0.29, 0.717) is 21.7 Å². The Morgan fingerprint density at radius 2 is 2.19 bits per heavy atom. The summed E-state index contributed by atoms with van der Waals surface area (Å²) in [6, 6.07) is 5.84. The summed E-state index contributed by atoms with van der Waals surface area (Å²) in [6.45, 7) is 1.79. The van der Waals surface area contributed by atoms with E-state index in [9.17, 15) is 9.18 Å². The summed E-state index contributed by atoms with van der Waals surface area (Å²) in [6.07, 6.45) is 3.98. The molecule has 0 fully saturated rings. The number of halogens is 2. The number of aromatic nitrogens is 1. The van der Waals surface area contributed by atoms with Crippen LogP contribution in [0, 0.1) is 12.7 Å². The molecular formula is C15H11BrFNO3. The number of aryl methyl sites for hydroxylation is 1. The molecule has 0 bridgehead atoms. The molecule has 0 atom stereocenters. The van der Waals surface area contributed by atoms with E-state index in [1.165, 1.54) is 30.5 Å². The van der Waals surface area contributed by atoms with Gasteiger partial charge < -0.3 is 9.84 Å². The Balaban J connectivity index is 2.23. The van der Waals surface area contributed by atoms with Crippen LogP contribution in [-0.4, -0.2) is 16.1 Å². The van der Waals surface area contributed by atoms with Gasteiger partial charge in [0.1, 0.15) is 11.6 Å². The average Bonchev–Trinajstić information content (AvgIpc) is 2.42. The molecular weight excluding hydrogens is 341 g/mol. The summed E-state index contributed by atoms with van der Waals surface area (Å²) in [7, 11) is 0. The van der Waals surface area contributed by atoms with Crippen LogP contribution in [-0.2, 0) is 4.79 Å². The van der Waals surface area contributed by atoms with Crippen LogP contribution < -0.4 is 4.74 Å². The summed E-state index contributed by atoms with van der Waals surface area (Å²) in [5.74, 6) is -0.577. The molecule has 2 aromatic rings. The van der Waals surface area contributed by atoms with Crippen molar-refractivity contribution in [2.75, 3.05) is 0 Å². The highest BCUT2D eigenvalue weighted by molar-refractivity contribution is 9.10. The highest BCUT2D eigenvalue weighted by atomic mass is 79.9. The third-order valence-corrected chi connectivity index (χ3v) is 3.19. The number of benzene rings is 1. The van der Waals surface area contributed by atoms with E-state index in [0.717, 1.165) is 11.6 Å². The molecule has 4 nitrogen and oxygen atoms in total. The second-order valence-corrected chi connectivity index (χ2v) is 5.09. The first-order valence-electron chi connectivity index (χ1n) is 5.96. The topological polar surface area (TPSA) is 59.4 Å². The van der Waals surface area contributed by atoms with Crippen LogP contribution >= 0.6 is 15.9 Å². The standard InChI is InChI=1S/C15H11BrFNO3/c1-9-6-10(2-5-14(19)20)8-18-15(9)21-13-4-3-11(17)7-12(13)16/h2-8H,1H3,(H,19,20)/b5-2+. The van der Waals surface area contributed by atoms with Crippen LogP contribution in [0.15, 0.2) is 41.0 Å². The molecule has 2 rings (SSSR count). The van der Waals surface area contributed by atoms with Gasteiger partial charge in [-0.25, -0.2) is 14.2 Å². The van der Waals surface area contributed by atoms with Gasteiger partial charge in [-0.2, -0.15) is 0 Å². The lowest BCUT2D eigenvalue weighted by Gasteiger charge is -2.09. The molecule has 0 radical (unpaired) electrons. The molecule has 108 valence electrons. The molecule has 0 spiro atoms. The zero-order chi connectivity index (χ0) is 15.4. The highest BCUT2D eigenvalue weighted by Crippen LogP contribution is 2.30. The minimum atomic E-state index is -1.02. The molecule has 0 unspecified atom stereocenters. The van der Waals surface area contributed by atoms with E-state index < -0.39 is 5.97 Å². The van der Waals surface area contributed by atoms with Gasteiger partial charge in [-0.15, -0.1) is 0 Å². The van der Waals surface area contributed by atoms with Crippen molar-refractivity contribution in [2.24, 2.45) is 0 Å². The Morgan fingerprint density at radius 1 is 1.43 bits per heavy atom. The van der Waals surface area contributed by atoms with Gasteiger partial charge >= 0.3 is 5.97 Å². The molecule has 0 aliphatic heterocycles. The first-order valence-corrected chi connectivity index (χ1v) is 6.75. The van der Waals surface area contributed by atoms with Crippen molar-refractivity contribution in [3.05, 3.63) is 58.0 Å². The molecule has 6 heteroatoms. The predicted octanol–water partition coefficient (Wildman–Crippen LogP) is 4.18. The number of carbonyl (C=O) groups is 1. The molecule has 0 saturated heterocycles. The quantitative estimate of drug-likeness (QED) is 0.839. The summed E-state index contributed by atoms with van der Waals surface area (Å²) >= 11 is 3.22. The second-order valence-electron chi connectivity index (χ2n) is 4.24. The van der Waals surface area contributed by atoms with E-state index >= 15 is 0 Å². The van der Waals surface area contributed by atoms with E-state index in [2.05, 4.69) is 20.9 Å². The van der Waals surface area contributed by atoms with Gasteiger partial charge in [0, 0.05) is 17.8 Å². The normalized spacial score (nSPS) is 10.8. The van der Waals surface area contributed by atoms with Gasteiger partial charge in [0.05, 0.1) is 4.47 Å². The van der Waals surface area contributed by atoms with Crippen molar-refractivity contribution in [1.82, 2.24) is 4.98 Å². The summed E-state index contributed by atoms with van der Waals surface area (Å²) < 4.78 is 19.1. The van der Waals surface area contributed by atoms with Crippen molar-refractivity contribution >= 4 is 28.0 Å². The number of aliphatic carboxylic acids is 1. The SMILES string of the molecule is Cc1cc(/C=C/C(=O)O)cnc1Oc1ccc(F)cc1Br. The average molecular weight is 352 g/mol. The fourth-order valence-electron chi connectivity index (χ4n) is 1.61. The van der Waals surface area contributed by atoms with Gasteiger partial charge in [0.25, 0.3) is 0 Å². The Kier molecular flexibility index (Phi) is 4.70. The number of carboxylic acids is 1. The molecule has 0 aliphatic carbocycles. The van der Waals surface area contributed by atoms with Gasteiger partial charge in [-0.05, 0) is 58.8 Å². The maximum Gasteiger partial charge on any atom is 0.328 e. The maximum atomic E-state index is 13.0. The number of carboxylic acid groups (broad SMARTS) is 1. The second kappa shape index (κ2) is 6.49. The van der Waals surface area contributed by atoms with Crippen LogP contribution in [0.25, 0.3) is 6.08 Å². The molecule has 1 heterocycles. The first kappa shape index (κ1) is 15.2. The van der Waals surface area contributed by atoms with E-state index in [1.807, 2.05) is 0 Å². The number of rotatable bonds is 4. The predicted molar refractivity (Wildman–Crippen MR) is 79.8 cm³/mol.